The number of ether oxygens (including phenoxy) is 1. The smallest absolute Gasteiger partial charge is 0.145 e. The second kappa shape index (κ2) is 6.33. The van der Waals surface area contributed by atoms with Crippen LogP contribution in [-0.2, 0) is 13.2 Å². The fourth-order valence-electron chi connectivity index (χ4n) is 1.63. The van der Waals surface area contributed by atoms with Gasteiger partial charge >= 0.3 is 0 Å². The van der Waals surface area contributed by atoms with Crippen molar-refractivity contribution in [2.75, 3.05) is 0 Å². The fraction of sp³-hybridized carbons (Fsp3) is 0.429. The maximum Gasteiger partial charge on any atom is 0.145 e. The first-order valence-electron chi connectivity index (χ1n) is 6.39. The number of nitrogens with one attached hydrogen (secondary N) is 1. The summed E-state index contributed by atoms with van der Waals surface area (Å²) in [5.41, 5.74) is 2.62. The first kappa shape index (κ1) is 13.5. The van der Waals surface area contributed by atoms with E-state index < -0.39 is 0 Å². The Morgan fingerprint density at radius 3 is 2.74 bits per heavy atom. The zero-order valence-corrected chi connectivity index (χ0v) is 11.5. The Bertz CT molecular complexity index is 523. The Balaban J connectivity index is 2.01. The van der Waals surface area contributed by atoms with Crippen molar-refractivity contribution >= 4 is 0 Å². The van der Waals surface area contributed by atoms with Crippen LogP contribution in [0, 0.1) is 6.92 Å². The van der Waals surface area contributed by atoms with Crippen molar-refractivity contribution in [3.8, 4) is 5.75 Å². The summed E-state index contributed by atoms with van der Waals surface area (Å²) in [6, 6.07) is 8.42. The fourth-order valence-corrected chi connectivity index (χ4v) is 1.63. The molecule has 0 fully saturated rings. The highest BCUT2D eigenvalue weighted by Crippen LogP contribution is 2.19. The first-order valence-corrected chi connectivity index (χ1v) is 6.39. The van der Waals surface area contributed by atoms with Gasteiger partial charge in [0.1, 0.15) is 23.7 Å². The number of hydrogen-bond acceptors (Lipinski definition) is 5. The molecule has 0 aliphatic heterocycles. The van der Waals surface area contributed by atoms with Gasteiger partial charge in [-0.05, 0) is 13.0 Å². The van der Waals surface area contributed by atoms with Gasteiger partial charge in [-0.15, -0.1) is 0 Å². The number of rotatable bonds is 6. The lowest BCUT2D eigenvalue weighted by molar-refractivity contribution is 0.268. The molecule has 1 aromatic carbocycles. The number of aromatic nitrogens is 2. The molecule has 102 valence electrons. The maximum absolute atomic E-state index is 5.79. The molecule has 2 rings (SSSR count). The Kier molecular flexibility index (Phi) is 4.52. The molecule has 1 N–H and O–H groups in total. The van der Waals surface area contributed by atoms with Crippen LogP contribution >= 0.6 is 0 Å². The predicted octanol–water partition coefficient (Wildman–Crippen LogP) is 2.46. The molecule has 0 atom stereocenters. The molecule has 1 heterocycles. The van der Waals surface area contributed by atoms with Gasteiger partial charge in [-0.3, -0.25) is 0 Å². The van der Waals surface area contributed by atoms with E-state index in [1.165, 1.54) is 0 Å². The summed E-state index contributed by atoms with van der Waals surface area (Å²) in [4.78, 5) is 0. The van der Waals surface area contributed by atoms with Gasteiger partial charge in [-0.25, -0.2) is 4.63 Å². The third-order valence-electron chi connectivity index (χ3n) is 2.78. The van der Waals surface area contributed by atoms with Crippen LogP contribution in [0.1, 0.15) is 30.8 Å². The van der Waals surface area contributed by atoms with E-state index in [1.807, 2.05) is 25.1 Å². The van der Waals surface area contributed by atoms with Crippen LogP contribution in [-0.4, -0.2) is 16.4 Å². The average Bonchev–Trinajstić information content (AvgIpc) is 2.80. The van der Waals surface area contributed by atoms with Gasteiger partial charge in [-0.2, -0.15) is 0 Å². The first-order chi connectivity index (χ1) is 9.16. The molecule has 5 nitrogen and oxygen atoms in total. The van der Waals surface area contributed by atoms with E-state index in [2.05, 4.69) is 40.2 Å². The number of para-hydroxylation sites is 1. The minimum atomic E-state index is 0.369. The number of hydrogen-bond donors (Lipinski definition) is 1. The van der Waals surface area contributed by atoms with Crippen LogP contribution in [0.25, 0.3) is 0 Å². The quantitative estimate of drug-likeness (QED) is 0.865. The third-order valence-corrected chi connectivity index (χ3v) is 2.78. The minimum Gasteiger partial charge on any atom is -0.487 e. The minimum absolute atomic E-state index is 0.369. The molecule has 0 bridgehead atoms. The van der Waals surface area contributed by atoms with Crippen LogP contribution in [0.15, 0.2) is 28.9 Å². The van der Waals surface area contributed by atoms with Crippen molar-refractivity contribution in [3.63, 3.8) is 0 Å². The van der Waals surface area contributed by atoms with Crippen molar-refractivity contribution < 1.29 is 9.37 Å². The molecule has 5 heteroatoms. The summed E-state index contributed by atoms with van der Waals surface area (Å²) < 4.78 is 10.4. The summed E-state index contributed by atoms with van der Waals surface area (Å²) in [5, 5.41) is 10.9. The molecular weight excluding hydrogens is 242 g/mol. The van der Waals surface area contributed by atoms with Gasteiger partial charge in [0.25, 0.3) is 0 Å². The molecule has 1 aromatic heterocycles. The predicted molar refractivity (Wildman–Crippen MR) is 71.8 cm³/mol. The summed E-state index contributed by atoms with van der Waals surface area (Å²) in [5.74, 6) is 0.859. The van der Waals surface area contributed by atoms with Crippen molar-refractivity contribution in [1.29, 1.82) is 0 Å². The highest BCUT2D eigenvalue weighted by Gasteiger charge is 2.08. The van der Waals surface area contributed by atoms with Crippen LogP contribution in [0.3, 0.4) is 0 Å². The van der Waals surface area contributed by atoms with Gasteiger partial charge in [0, 0.05) is 18.2 Å². The highest BCUT2D eigenvalue weighted by atomic mass is 16.6. The third kappa shape index (κ3) is 3.79. The van der Waals surface area contributed by atoms with E-state index in [0.717, 1.165) is 29.2 Å². The van der Waals surface area contributed by atoms with E-state index in [4.69, 9.17) is 4.74 Å². The Hall–Kier alpha value is -1.88. The molecule has 19 heavy (non-hydrogen) atoms. The van der Waals surface area contributed by atoms with E-state index in [-0.39, 0.29) is 0 Å². The maximum atomic E-state index is 5.79. The van der Waals surface area contributed by atoms with E-state index in [0.29, 0.717) is 12.6 Å². The van der Waals surface area contributed by atoms with E-state index >= 15 is 0 Å². The van der Waals surface area contributed by atoms with Gasteiger partial charge in [-0.1, -0.05) is 42.4 Å². The largest absolute Gasteiger partial charge is 0.487 e. The molecule has 0 unspecified atom stereocenters. The molecule has 0 amide bonds. The lowest BCUT2D eigenvalue weighted by Crippen LogP contribution is -2.22. The zero-order valence-electron chi connectivity index (χ0n) is 11.5. The summed E-state index contributed by atoms with van der Waals surface area (Å²) in [6.07, 6.45) is 0. The average molecular weight is 261 g/mol. The van der Waals surface area contributed by atoms with Gasteiger partial charge in [0.2, 0.25) is 0 Å². The molecule has 0 aliphatic carbocycles. The van der Waals surface area contributed by atoms with E-state index in [9.17, 15) is 0 Å². The van der Waals surface area contributed by atoms with Crippen molar-refractivity contribution in [1.82, 2.24) is 15.6 Å². The van der Waals surface area contributed by atoms with Crippen LogP contribution < -0.4 is 10.1 Å². The SMILES string of the molecule is Cc1nonc1COc1ccccc1CNC(C)C. The molecule has 0 spiro atoms. The van der Waals surface area contributed by atoms with Crippen molar-refractivity contribution in [3.05, 3.63) is 41.2 Å². The summed E-state index contributed by atoms with van der Waals surface area (Å²) in [7, 11) is 0. The normalized spacial score (nSPS) is 10.9. The van der Waals surface area contributed by atoms with Crippen LogP contribution in [0.4, 0.5) is 0 Å². The Morgan fingerprint density at radius 1 is 1.26 bits per heavy atom. The molecular formula is C14H19N3O2. The number of benzene rings is 1. The lowest BCUT2D eigenvalue weighted by atomic mass is 10.2. The molecule has 0 radical (unpaired) electrons. The topological polar surface area (TPSA) is 60.2 Å². The molecule has 0 saturated heterocycles. The molecule has 0 saturated carbocycles. The Labute approximate surface area is 112 Å². The standard InChI is InChI=1S/C14H19N3O2/c1-10(2)15-8-12-6-4-5-7-14(12)18-9-13-11(3)16-19-17-13/h4-7,10,15H,8-9H2,1-3H3. The van der Waals surface area contributed by atoms with Gasteiger partial charge in [0.05, 0.1) is 0 Å². The van der Waals surface area contributed by atoms with Crippen molar-refractivity contribution in [2.24, 2.45) is 0 Å². The monoisotopic (exact) mass is 261 g/mol. The molecule has 0 aliphatic rings. The van der Waals surface area contributed by atoms with Gasteiger partial charge < -0.3 is 10.1 Å². The van der Waals surface area contributed by atoms with E-state index in [1.54, 1.807) is 0 Å². The number of nitrogens with zero attached hydrogens (tertiary/aromatic N) is 2. The van der Waals surface area contributed by atoms with Crippen LogP contribution in [0.2, 0.25) is 0 Å². The van der Waals surface area contributed by atoms with Crippen molar-refractivity contribution in [2.45, 2.75) is 40.0 Å². The number of aryl methyl sites for hydroxylation is 1. The van der Waals surface area contributed by atoms with Gasteiger partial charge in [0.15, 0.2) is 0 Å². The van der Waals surface area contributed by atoms with Crippen LogP contribution in [0.5, 0.6) is 5.75 Å². The lowest BCUT2D eigenvalue weighted by Gasteiger charge is -2.13. The molecule has 2 aromatic rings. The second-order valence-corrected chi connectivity index (χ2v) is 4.73. The second-order valence-electron chi connectivity index (χ2n) is 4.73. The summed E-state index contributed by atoms with van der Waals surface area (Å²) in [6.45, 7) is 7.24. The summed E-state index contributed by atoms with van der Waals surface area (Å²) >= 11 is 0. The highest BCUT2D eigenvalue weighted by molar-refractivity contribution is 5.33. The Morgan fingerprint density at radius 2 is 2.05 bits per heavy atom. The zero-order chi connectivity index (χ0) is 13.7.